The molecule has 0 amide bonds. The van der Waals surface area contributed by atoms with Crippen LogP contribution in [0.1, 0.15) is 0 Å². The van der Waals surface area contributed by atoms with Crippen LogP contribution in [0.25, 0.3) is 121 Å². The summed E-state index contributed by atoms with van der Waals surface area (Å²) in [5.41, 5.74) is 8.33. The zero-order valence-electron chi connectivity index (χ0n) is 29.9. The van der Waals surface area contributed by atoms with Gasteiger partial charge in [0.15, 0.2) is 17.5 Å². The Morgan fingerprint density at radius 1 is 0.286 bits per heavy atom. The molecule has 12 aromatic rings. The quantitative estimate of drug-likeness (QED) is 0.170. The highest BCUT2D eigenvalue weighted by molar-refractivity contribution is 6.19. The Bertz CT molecular complexity index is 3550. The molecule has 3 aromatic heterocycles. The van der Waals surface area contributed by atoms with Gasteiger partial charge in [-0.2, -0.15) is 0 Å². The lowest BCUT2D eigenvalue weighted by atomic mass is 9.96. The van der Waals surface area contributed by atoms with Crippen LogP contribution < -0.4 is 0 Å². The molecule has 5 nitrogen and oxygen atoms in total. The van der Waals surface area contributed by atoms with E-state index in [2.05, 4.69) is 146 Å². The normalized spacial score (nSPS) is 11.9. The first-order valence-electron chi connectivity index (χ1n) is 18.8. The Morgan fingerprint density at radius 2 is 0.911 bits per heavy atom. The largest absolute Gasteiger partial charge is 0.456 e. The van der Waals surface area contributed by atoms with Gasteiger partial charge in [-0.15, -0.1) is 0 Å². The Hall–Kier alpha value is -7.63. The van der Waals surface area contributed by atoms with Crippen molar-refractivity contribution < 1.29 is 8.83 Å². The van der Waals surface area contributed by atoms with Gasteiger partial charge in [0.05, 0.1) is 0 Å². The molecule has 0 bridgehead atoms. The van der Waals surface area contributed by atoms with Gasteiger partial charge >= 0.3 is 0 Å². The van der Waals surface area contributed by atoms with Crippen LogP contribution in [0.4, 0.5) is 0 Å². The summed E-state index contributed by atoms with van der Waals surface area (Å²) in [6.07, 6.45) is 0. The fourth-order valence-electron chi connectivity index (χ4n) is 8.50. The van der Waals surface area contributed by atoms with Crippen molar-refractivity contribution in [3.63, 3.8) is 0 Å². The molecular weight excluding hydrogens is 687 g/mol. The third-order valence-corrected chi connectivity index (χ3v) is 11.1. The van der Waals surface area contributed by atoms with Crippen LogP contribution in [0.2, 0.25) is 0 Å². The average molecular weight is 716 g/mol. The van der Waals surface area contributed by atoms with Gasteiger partial charge in [-0.3, -0.25) is 0 Å². The van der Waals surface area contributed by atoms with Crippen LogP contribution in [0.3, 0.4) is 0 Å². The molecule has 0 fully saturated rings. The lowest BCUT2D eigenvalue weighted by molar-refractivity contribution is 0.669. The summed E-state index contributed by atoms with van der Waals surface area (Å²) in [6, 6.07) is 61.0. The van der Waals surface area contributed by atoms with Crippen LogP contribution in [0.5, 0.6) is 0 Å². The molecule has 0 aliphatic heterocycles. The minimum Gasteiger partial charge on any atom is -0.456 e. The van der Waals surface area contributed by atoms with Crippen LogP contribution in [0.15, 0.2) is 185 Å². The maximum absolute atomic E-state index is 6.54. The Kier molecular flexibility index (Phi) is 6.56. The predicted molar refractivity (Wildman–Crippen MR) is 229 cm³/mol. The zero-order chi connectivity index (χ0) is 36.7. The highest BCUT2D eigenvalue weighted by atomic mass is 16.3. The lowest BCUT2D eigenvalue weighted by Crippen LogP contribution is -2.01. The van der Waals surface area contributed by atoms with Crippen LogP contribution in [0, 0.1) is 0 Å². The Labute approximate surface area is 320 Å². The monoisotopic (exact) mass is 715 g/mol. The van der Waals surface area contributed by atoms with Crippen molar-refractivity contribution in [2.45, 2.75) is 0 Å². The first-order valence-corrected chi connectivity index (χ1v) is 18.8. The first-order chi connectivity index (χ1) is 27.7. The number of hydrogen-bond acceptors (Lipinski definition) is 5. The number of nitrogens with zero attached hydrogens (tertiary/aromatic N) is 3. The number of fused-ring (bicyclic) bond motifs is 11. The van der Waals surface area contributed by atoms with Crippen molar-refractivity contribution in [1.82, 2.24) is 15.0 Å². The minimum atomic E-state index is 0.582. The second kappa shape index (κ2) is 11.9. The molecule has 9 aromatic carbocycles. The summed E-state index contributed by atoms with van der Waals surface area (Å²) >= 11 is 0. The first kappa shape index (κ1) is 30.8. The predicted octanol–water partition coefficient (Wildman–Crippen LogP) is 13.8. The Balaban J connectivity index is 1.11. The molecule has 3 heterocycles. The molecule has 0 aliphatic carbocycles. The molecule has 0 saturated carbocycles. The molecular formula is C51H29N3O2. The van der Waals surface area contributed by atoms with E-state index in [0.717, 1.165) is 98.6 Å². The molecule has 0 spiro atoms. The summed E-state index contributed by atoms with van der Waals surface area (Å²) in [6.45, 7) is 0. The summed E-state index contributed by atoms with van der Waals surface area (Å²) in [5.74, 6) is 1.79. The third kappa shape index (κ3) is 4.71. The van der Waals surface area contributed by atoms with E-state index in [9.17, 15) is 0 Å². The maximum atomic E-state index is 6.54. The number of benzene rings is 9. The molecule has 260 valence electrons. The van der Waals surface area contributed by atoms with Crippen LogP contribution >= 0.6 is 0 Å². The van der Waals surface area contributed by atoms with E-state index in [1.165, 1.54) is 5.39 Å². The molecule has 0 unspecified atom stereocenters. The van der Waals surface area contributed by atoms with Gasteiger partial charge in [-0.1, -0.05) is 133 Å². The lowest BCUT2D eigenvalue weighted by Gasteiger charge is -2.13. The van der Waals surface area contributed by atoms with E-state index in [1.54, 1.807) is 0 Å². The summed E-state index contributed by atoms with van der Waals surface area (Å²) in [4.78, 5) is 15.9. The Morgan fingerprint density at radius 3 is 1.80 bits per heavy atom. The zero-order valence-corrected chi connectivity index (χ0v) is 29.9. The van der Waals surface area contributed by atoms with Crippen molar-refractivity contribution in [3.8, 4) is 45.3 Å². The minimum absolute atomic E-state index is 0.582. The fourth-order valence-corrected chi connectivity index (χ4v) is 8.50. The van der Waals surface area contributed by atoms with E-state index < -0.39 is 0 Å². The number of furan rings is 2. The number of rotatable bonds is 4. The molecule has 56 heavy (non-hydrogen) atoms. The van der Waals surface area contributed by atoms with E-state index in [1.807, 2.05) is 30.3 Å². The van der Waals surface area contributed by atoms with Gasteiger partial charge in [0.2, 0.25) is 0 Å². The van der Waals surface area contributed by atoms with E-state index in [-0.39, 0.29) is 0 Å². The molecule has 0 N–H and O–H groups in total. The van der Waals surface area contributed by atoms with Gasteiger partial charge in [-0.25, -0.2) is 15.0 Å². The second-order valence-electron chi connectivity index (χ2n) is 14.3. The number of hydrogen-bond donors (Lipinski definition) is 0. The smallest absolute Gasteiger partial charge is 0.164 e. The highest BCUT2D eigenvalue weighted by Gasteiger charge is 2.20. The van der Waals surface area contributed by atoms with Gasteiger partial charge in [0, 0.05) is 38.2 Å². The van der Waals surface area contributed by atoms with E-state index >= 15 is 0 Å². The molecule has 5 heteroatoms. The van der Waals surface area contributed by atoms with Gasteiger partial charge in [0.25, 0.3) is 0 Å². The van der Waals surface area contributed by atoms with Gasteiger partial charge in [0.1, 0.15) is 22.3 Å². The summed E-state index contributed by atoms with van der Waals surface area (Å²) < 4.78 is 12.8. The SMILES string of the molecule is c1ccc(-c2ccc3c(c2)oc2cccc(-c4nc(-c5ccc6c(ccc7oc8ccccc8c76)c5)nc(-c5cc6ccccc6c6ccccc56)n4)c23)cc1. The summed E-state index contributed by atoms with van der Waals surface area (Å²) in [7, 11) is 0. The molecule has 0 radical (unpaired) electrons. The van der Waals surface area contributed by atoms with Gasteiger partial charge < -0.3 is 8.83 Å². The molecule has 12 rings (SSSR count). The van der Waals surface area contributed by atoms with Crippen molar-refractivity contribution in [2.24, 2.45) is 0 Å². The standard InChI is InChI=1S/C51H29N3O2/c1-2-11-30(12-3-1)31-21-25-40-46(29-31)56-44-20-10-18-41(48(40)44)50-52-49(34-22-24-36-33(27-34)23-26-45-47(36)39-17-8-9-19-43(39)55-45)53-51(54-50)42-28-32-13-4-5-14-35(32)37-15-6-7-16-38(37)42/h1-29H. The van der Waals surface area contributed by atoms with Crippen molar-refractivity contribution in [3.05, 3.63) is 176 Å². The highest BCUT2D eigenvalue weighted by Crippen LogP contribution is 2.41. The summed E-state index contributed by atoms with van der Waals surface area (Å²) in [5, 5.41) is 11.0. The average Bonchev–Trinajstić information content (AvgIpc) is 3.84. The topological polar surface area (TPSA) is 65.0 Å². The van der Waals surface area contributed by atoms with Crippen LogP contribution in [-0.4, -0.2) is 15.0 Å². The van der Waals surface area contributed by atoms with Crippen molar-refractivity contribution in [1.29, 1.82) is 0 Å². The van der Waals surface area contributed by atoms with E-state index in [4.69, 9.17) is 23.8 Å². The number of aromatic nitrogens is 3. The van der Waals surface area contributed by atoms with Crippen LogP contribution in [-0.2, 0) is 0 Å². The fraction of sp³-hybridized carbons (Fsp3) is 0. The molecule has 0 saturated heterocycles. The van der Waals surface area contributed by atoms with Crippen molar-refractivity contribution >= 4 is 76.2 Å². The van der Waals surface area contributed by atoms with E-state index in [0.29, 0.717) is 17.5 Å². The molecule has 0 aliphatic rings. The molecule has 0 atom stereocenters. The number of para-hydroxylation sites is 1. The second-order valence-corrected chi connectivity index (χ2v) is 14.3. The van der Waals surface area contributed by atoms with Crippen molar-refractivity contribution in [2.75, 3.05) is 0 Å². The third-order valence-electron chi connectivity index (χ3n) is 11.1. The van der Waals surface area contributed by atoms with Gasteiger partial charge in [-0.05, 0) is 85.9 Å². The maximum Gasteiger partial charge on any atom is 0.164 e.